The molecular weight excluding hydrogens is 258 g/mol. The molecule has 0 saturated heterocycles. The van der Waals surface area contributed by atoms with Crippen molar-refractivity contribution in [2.75, 3.05) is 20.2 Å². The molecule has 3 unspecified atom stereocenters. The number of nitrogens with one attached hydrogen (secondary N) is 1. The Morgan fingerprint density at radius 2 is 2.00 bits per heavy atom. The Balaban J connectivity index is 2.33. The van der Waals surface area contributed by atoms with Crippen LogP contribution in [0.1, 0.15) is 55.7 Å². The van der Waals surface area contributed by atoms with E-state index in [9.17, 15) is 0 Å². The minimum atomic E-state index is 0.627. The molecule has 0 amide bonds. The second-order valence-corrected chi connectivity index (χ2v) is 6.72. The third-order valence-electron chi connectivity index (χ3n) is 5.22. The Morgan fingerprint density at radius 3 is 2.67 bits per heavy atom. The van der Waals surface area contributed by atoms with Gasteiger partial charge in [0.2, 0.25) is 0 Å². The van der Waals surface area contributed by atoms with E-state index in [1.54, 1.807) is 0 Å². The number of benzene rings is 1. The van der Waals surface area contributed by atoms with Crippen LogP contribution in [0.4, 0.5) is 0 Å². The predicted octanol–water partition coefficient (Wildman–Crippen LogP) is 4.44. The van der Waals surface area contributed by atoms with Gasteiger partial charge < -0.3 is 10.1 Å². The van der Waals surface area contributed by atoms with Crippen LogP contribution in [0.2, 0.25) is 0 Å². The summed E-state index contributed by atoms with van der Waals surface area (Å²) in [6.45, 7) is 11.1. The van der Waals surface area contributed by atoms with Crippen molar-refractivity contribution in [3.8, 4) is 5.75 Å². The molecule has 118 valence electrons. The Kier molecular flexibility index (Phi) is 5.69. The molecule has 0 radical (unpaired) electrons. The molecule has 0 bridgehead atoms. The summed E-state index contributed by atoms with van der Waals surface area (Å²) in [4.78, 5) is 0. The third-order valence-corrected chi connectivity index (χ3v) is 5.22. The molecule has 2 rings (SSSR count). The van der Waals surface area contributed by atoms with Gasteiger partial charge in [-0.1, -0.05) is 32.4 Å². The highest BCUT2D eigenvalue weighted by Crippen LogP contribution is 2.44. The highest BCUT2D eigenvalue weighted by molar-refractivity contribution is 5.47. The molecular formula is C19H31NO. The number of methoxy groups -OCH3 is 1. The second-order valence-electron chi connectivity index (χ2n) is 6.72. The van der Waals surface area contributed by atoms with Crippen LogP contribution < -0.4 is 10.1 Å². The van der Waals surface area contributed by atoms with E-state index in [2.05, 4.69) is 45.1 Å². The molecule has 1 aromatic carbocycles. The molecule has 2 nitrogen and oxygen atoms in total. The molecule has 0 aromatic heterocycles. The van der Waals surface area contributed by atoms with Crippen LogP contribution >= 0.6 is 0 Å². The molecule has 0 spiro atoms. The summed E-state index contributed by atoms with van der Waals surface area (Å²) < 4.78 is 5.78. The average Bonchev–Trinajstić information content (AvgIpc) is 2.48. The van der Waals surface area contributed by atoms with Gasteiger partial charge in [-0.15, -0.1) is 0 Å². The van der Waals surface area contributed by atoms with Crippen LogP contribution in [0.15, 0.2) is 12.1 Å². The molecule has 0 heterocycles. The van der Waals surface area contributed by atoms with Crippen LogP contribution in [-0.4, -0.2) is 20.2 Å². The first-order chi connectivity index (χ1) is 10.1. The zero-order chi connectivity index (χ0) is 15.4. The van der Waals surface area contributed by atoms with Gasteiger partial charge >= 0.3 is 0 Å². The molecule has 1 saturated carbocycles. The monoisotopic (exact) mass is 289 g/mol. The molecule has 2 heteroatoms. The number of rotatable bonds is 5. The number of aryl methyl sites for hydroxylation is 1. The molecule has 1 aliphatic carbocycles. The number of hydrogen-bond acceptors (Lipinski definition) is 2. The van der Waals surface area contributed by atoms with Gasteiger partial charge in [-0.25, -0.2) is 0 Å². The summed E-state index contributed by atoms with van der Waals surface area (Å²) in [6.07, 6.45) is 3.98. The minimum Gasteiger partial charge on any atom is -0.496 e. The second kappa shape index (κ2) is 7.31. The van der Waals surface area contributed by atoms with E-state index in [0.29, 0.717) is 5.92 Å². The van der Waals surface area contributed by atoms with Gasteiger partial charge in [-0.3, -0.25) is 0 Å². The quantitative estimate of drug-likeness (QED) is 0.865. The van der Waals surface area contributed by atoms with E-state index in [4.69, 9.17) is 4.74 Å². The van der Waals surface area contributed by atoms with E-state index in [1.165, 1.54) is 36.0 Å². The fourth-order valence-corrected chi connectivity index (χ4v) is 3.77. The topological polar surface area (TPSA) is 21.3 Å². The molecule has 1 aliphatic rings. The van der Waals surface area contributed by atoms with Gasteiger partial charge in [-0.2, -0.15) is 0 Å². The summed E-state index contributed by atoms with van der Waals surface area (Å²) in [6, 6.07) is 4.57. The standard InChI is InChI=1S/C19H31NO/c1-6-20-12-16-9-7-13(2)11-18(16)17-10-8-14(3)15(4)19(17)21-5/h8,10,13,16,18,20H,6-7,9,11-12H2,1-5H3. The van der Waals surface area contributed by atoms with Crippen molar-refractivity contribution >= 4 is 0 Å². The van der Waals surface area contributed by atoms with Crippen molar-refractivity contribution in [3.63, 3.8) is 0 Å². The maximum Gasteiger partial charge on any atom is 0.125 e. The van der Waals surface area contributed by atoms with Crippen molar-refractivity contribution in [2.24, 2.45) is 11.8 Å². The van der Waals surface area contributed by atoms with Crippen molar-refractivity contribution in [2.45, 2.75) is 52.9 Å². The Morgan fingerprint density at radius 1 is 1.24 bits per heavy atom. The normalized spacial score (nSPS) is 25.9. The fraction of sp³-hybridized carbons (Fsp3) is 0.684. The van der Waals surface area contributed by atoms with Crippen LogP contribution in [0.3, 0.4) is 0 Å². The summed E-state index contributed by atoms with van der Waals surface area (Å²) >= 11 is 0. The fourth-order valence-electron chi connectivity index (χ4n) is 3.77. The average molecular weight is 289 g/mol. The van der Waals surface area contributed by atoms with Crippen molar-refractivity contribution in [1.82, 2.24) is 5.32 Å². The summed E-state index contributed by atoms with van der Waals surface area (Å²) in [5, 5.41) is 3.56. The lowest BCUT2D eigenvalue weighted by atomic mass is 9.71. The van der Waals surface area contributed by atoms with Crippen molar-refractivity contribution < 1.29 is 4.74 Å². The first-order valence-electron chi connectivity index (χ1n) is 8.43. The van der Waals surface area contributed by atoms with Gasteiger partial charge in [0.15, 0.2) is 0 Å². The van der Waals surface area contributed by atoms with Crippen LogP contribution in [0.25, 0.3) is 0 Å². The molecule has 1 aromatic rings. The predicted molar refractivity (Wildman–Crippen MR) is 90.3 cm³/mol. The lowest BCUT2D eigenvalue weighted by Crippen LogP contribution is -2.31. The molecule has 0 aliphatic heterocycles. The highest BCUT2D eigenvalue weighted by atomic mass is 16.5. The van der Waals surface area contributed by atoms with Gasteiger partial charge in [-0.05, 0) is 74.2 Å². The zero-order valence-electron chi connectivity index (χ0n) is 14.3. The number of hydrogen-bond donors (Lipinski definition) is 1. The van der Waals surface area contributed by atoms with Gasteiger partial charge in [0.05, 0.1) is 7.11 Å². The van der Waals surface area contributed by atoms with Crippen molar-refractivity contribution in [1.29, 1.82) is 0 Å². The number of ether oxygens (including phenoxy) is 1. The summed E-state index contributed by atoms with van der Waals surface area (Å²) in [7, 11) is 1.82. The maximum atomic E-state index is 5.78. The summed E-state index contributed by atoms with van der Waals surface area (Å²) in [5.41, 5.74) is 4.05. The Labute approximate surface area is 130 Å². The summed E-state index contributed by atoms with van der Waals surface area (Å²) in [5.74, 6) is 3.30. The maximum absolute atomic E-state index is 5.78. The first-order valence-corrected chi connectivity index (χ1v) is 8.43. The lowest BCUT2D eigenvalue weighted by Gasteiger charge is -2.36. The molecule has 21 heavy (non-hydrogen) atoms. The van der Waals surface area contributed by atoms with E-state index in [0.717, 1.165) is 30.7 Å². The smallest absolute Gasteiger partial charge is 0.125 e. The Bertz CT molecular complexity index is 467. The molecule has 1 N–H and O–H groups in total. The SMILES string of the molecule is CCNCC1CCC(C)CC1c1ccc(C)c(C)c1OC. The van der Waals surface area contributed by atoms with Crippen LogP contribution in [-0.2, 0) is 0 Å². The lowest BCUT2D eigenvalue weighted by molar-refractivity contribution is 0.238. The van der Waals surface area contributed by atoms with E-state index < -0.39 is 0 Å². The van der Waals surface area contributed by atoms with Gasteiger partial charge in [0, 0.05) is 0 Å². The molecule has 1 fully saturated rings. The van der Waals surface area contributed by atoms with E-state index >= 15 is 0 Å². The zero-order valence-corrected chi connectivity index (χ0v) is 14.3. The minimum absolute atomic E-state index is 0.627. The first kappa shape index (κ1) is 16.4. The van der Waals surface area contributed by atoms with E-state index in [1.807, 2.05) is 7.11 Å². The van der Waals surface area contributed by atoms with Crippen LogP contribution in [0.5, 0.6) is 5.75 Å². The molecule has 3 atom stereocenters. The highest BCUT2D eigenvalue weighted by Gasteiger charge is 2.31. The third kappa shape index (κ3) is 3.60. The Hall–Kier alpha value is -1.02. The van der Waals surface area contributed by atoms with Crippen LogP contribution in [0, 0.1) is 25.7 Å². The van der Waals surface area contributed by atoms with Gasteiger partial charge in [0.25, 0.3) is 0 Å². The largest absolute Gasteiger partial charge is 0.496 e. The van der Waals surface area contributed by atoms with Crippen molar-refractivity contribution in [3.05, 3.63) is 28.8 Å². The van der Waals surface area contributed by atoms with Gasteiger partial charge in [0.1, 0.15) is 5.75 Å². The van der Waals surface area contributed by atoms with E-state index in [-0.39, 0.29) is 0 Å².